The summed E-state index contributed by atoms with van der Waals surface area (Å²) >= 11 is 0. The summed E-state index contributed by atoms with van der Waals surface area (Å²) in [5, 5.41) is 6.07. The maximum atomic E-state index is 8.74. The molecule has 4 atom stereocenters. The molecule has 0 aliphatic carbocycles. The van der Waals surface area contributed by atoms with Crippen LogP contribution in [-0.4, -0.2) is 70.9 Å². The highest BCUT2D eigenvalue weighted by atomic mass is 32.3. The van der Waals surface area contributed by atoms with Gasteiger partial charge < -0.3 is 18.9 Å². The maximum absolute atomic E-state index is 8.74. The minimum absolute atomic E-state index is 0.0555. The zero-order valence-electron chi connectivity index (χ0n) is 15.1. The van der Waals surface area contributed by atoms with Crippen molar-refractivity contribution < 1.29 is 36.5 Å². The molecule has 4 unspecified atom stereocenters. The molecule has 4 N–H and O–H groups in total. The monoisotopic (exact) mass is 364 g/mol. The molecule has 0 aromatic heterocycles. The molecular weight excluding hydrogens is 332 g/mol. The molecular formula is C12H32N2O8S. The topological polar surface area (TPSA) is 136 Å². The zero-order valence-corrected chi connectivity index (χ0v) is 15.9. The van der Waals surface area contributed by atoms with Gasteiger partial charge in [-0.25, -0.2) is 0 Å². The lowest BCUT2D eigenvalue weighted by molar-refractivity contribution is 0.00757. The quantitative estimate of drug-likeness (QED) is 0.355. The fourth-order valence-corrected chi connectivity index (χ4v) is 0.933. The highest BCUT2D eigenvalue weighted by Gasteiger charge is 2.02. The van der Waals surface area contributed by atoms with Gasteiger partial charge in [-0.05, 0) is 27.7 Å². The molecule has 0 saturated carbocycles. The third kappa shape index (κ3) is 34.1. The van der Waals surface area contributed by atoms with Crippen molar-refractivity contribution in [1.29, 1.82) is 0 Å². The standard InChI is InChI=1S/2C6H15NO2.H2O4S/c2*1-5(8-3)7-6(2)9-4;1-5(2,3)4/h2*5-7H,1-4H3;(H2,1,2,3,4). The third-order valence-corrected chi connectivity index (χ3v) is 2.35. The number of rotatable bonds is 8. The summed E-state index contributed by atoms with van der Waals surface area (Å²) in [6.45, 7) is 7.70. The molecule has 0 fully saturated rings. The van der Waals surface area contributed by atoms with Gasteiger partial charge in [0.05, 0.1) is 0 Å². The van der Waals surface area contributed by atoms with Gasteiger partial charge in [0.15, 0.2) is 0 Å². The van der Waals surface area contributed by atoms with E-state index >= 15 is 0 Å². The largest absolute Gasteiger partial charge is 0.394 e. The fraction of sp³-hybridized carbons (Fsp3) is 1.00. The summed E-state index contributed by atoms with van der Waals surface area (Å²) in [4.78, 5) is 0. The fourth-order valence-electron chi connectivity index (χ4n) is 0.933. The van der Waals surface area contributed by atoms with Crippen LogP contribution in [0.1, 0.15) is 27.7 Å². The summed E-state index contributed by atoms with van der Waals surface area (Å²) in [5.41, 5.74) is 0. The van der Waals surface area contributed by atoms with E-state index in [9.17, 15) is 0 Å². The Morgan fingerprint density at radius 1 is 0.652 bits per heavy atom. The Bertz CT molecular complexity index is 300. The predicted molar refractivity (Wildman–Crippen MR) is 86.3 cm³/mol. The first-order valence-corrected chi connectivity index (χ1v) is 8.14. The van der Waals surface area contributed by atoms with Gasteiger partial charge in [-0.15, -0.1) is 0 Å². The van der Waals surface area contributed by atoms with E-state index in [1.54, 1.807) is 28.4 Å². The minimum atomic E-state index is -4.67. The molecule has 0 radical (unpaired) electrons. The van der Waals surface area contributed by atoms with Crippen LogP contribution in [0.5, 0.6) is 0 Å². The Kier molecular flexibility index (Phi) is 19.7. The number of nitrogens with one attached hydrogen (secondary N) is 2. The van der Waals surface area contributed by atoms with E-state index in [0.717, 1.165) is 0 Å². The average Bonchev–Trinajstić information content (AvgIpc) is 2.45. The summed E-state index contributed by atoms with van der Waals surface area (Å²) in [6.07, 6.45) is 0.222. The summed E-state index contributed by atoms with van der Waals surface area (Å²) in [7, 11) is 1.94. The maximum Gasteiger partial charge on any atom is 0.394 e. The van der Waals surface area contributed by atoms with Gasteiger partial charge in [0.2, 0.25) is 0 Å². The summed E-state index contributed by atoms with van der Waals surface area (Å²) in [5.74, 6) is 0. The number of hydrogen-bond acceptors (Lipinski definition) is 8. The number of hydrogen-bond donors (Lipinski definition) is 4. The van der Waals surface area contributed by atoms with Crippen molar-refractivity contribution in [3.63, 3.8) is 0 Å². The van der Waals surface area contributed by atoms with Crippen LogP contribution in [0.15, 0.2) is 0 Å². The van der Waals surface area contributed by atoms with Crippen LogP contribution in [0.4, 0.5) is 0 Å². The average molecular weight is 364 g/mol. The Morgan fingerprint density at radius 2 is 0.783 bits per heavy atom. The summed E-state index contributed by atoms with van der Waals surface area (Å²) < 4.78 is 51.3. The summed E-state index contributed by atoms with van der Waals surface area (Å²) in [6, 6.07) is 0. The van der Waals surface area contributed by atoms with E-state index in [-0.39, 0.29) is 24.9 Å². The molecule has 0 aliphatic rings. The smallest absolute Gasteiger partial charge is 0.367 e. The second-order valence-electron chi connectivity index (χ2n) is 4.29. The van der Waals surface area contributed by atoms with Crippen LogP contribution < -0.4 is 10.6 Å². The molecule has 0 rings (SSSR count). The van der Waals surface area contributed by atoms with Crippen molar-refractivity contribution >= 4 is 10.4 Å². The lowest BCUT2D eigenvalue weighted by Crippen LogP contribution is -2.36. The zero-order chi connectivity index (χ0) is 19.1. The molecule has 23 heavy (non-hydrogen) atoms. The van der Waals surface area contributed by atoms with E-state index < -0.39 is 10.4 Å². The van der Waals surface area contributed by atoms with Gasteiger partial charge >= 0.3 is 10.4 Å². The Morgan fingerprint density at radius 3 is 0.870 bits per heavy atom. The Balaban J connectivity index is -0.000000273. The van der Waals surface area contributed by atoms with Crippen molar-refractivity contribution in [2.45, 2.75) is 52.6 Å². The molecule has 144 valence electrons. The third-order valence-electron chi connectivity index (χ3n) is 2.35. The van der Waals surface area contributed by atoms with Crippen molar-refractivity contribution in [2.24, 2.45) is 0 Å². The van der Waals surface area contributed by atoms with E-state index in [1.165, 1.54) is 0 Å². The van der Waals surface area contributed by atoms with Crippen LogP contribution in [0, 0.1) is 0 Å². The van der Waals surface area contributed by atoms with Crippen LogP contribution in [0.25, 0.3) is 0 Å². The Labute approximate surface area is 139 Å². The van der Waals surface area contributed by atoms with E-state index in [1.807, 2.05) is 27.7 Å². The molecule has 0 heterocycles. The first-order chi connectivity index (χ1) is 10.4. The lowest BCUT2D eigenvalue weighted by Gasteiger charge is -2.16. The van der Waals surface area contributed by atoms with Crippen LogP contribution in [0.3, 0.4) is 0 Å². The SMILES string of the molecule is COC(C)NC(C)OC.COC(C)NC(C)OC.O=S(=O)(O)O. The second-order valence-corrected chi connectivity index (χ2v) is 5.19. The minimum Gasteiger partial charge on any atom is -0.367 e. The Hall–Kier alpha value is -0.370. The number of ether oxygens (including phenoxy) is 4. The molecule has 0 aromatic rings. The molecule has 0 aromatic carbocycles. The molecule has 10 nitrogen and oxygen atoms in total. The molecule has 0 bridgehead atoms. The van der Waals surface area contributed by atoms with Crippen molar-refractivity contribution in [3.05, 3.63) is 0 Å². The van der Waals surface area contributed by atoms with Crippen molar-refractivity contribution in [3.8, 4) is 0 Å². The predicted octanol–water partition coefficient (Wildman–Crippen LogP) is 0.469. The molecule has 0 aliphatic heterocycles. The lowest BCUT2D eigenvalue weighted by atomic mass is 10.5. The van der Waals surface area contributed by atoms with Crippen LogP contribution >= 0.6 is 0 Å². The van der Waals surface area contributed by atoms with Gasteiger partial charge in [-0.3, -0.25) is 19.7 Å². The number of methoxy groups -OCH3 is 4. The highest BCUT2D eigenvalue weighted by molar-refractivity contribution is 7.79. The first kappa shape index (κ1) is 27.5. The van der Waals surface area contributed by atoms with Crippen LogP contribution in [-0.2, 0) is 29.3 Å². The highest BCUT2D eigenvalue weighted by Crippen LogP contribution is 1.87. The van der Waals surface area contributed by atoms with Gasteiger partial charge in [0.1, 0.15) is 24.9 Å². The van der Waals surface area contributed by atoms with Gasteiger partial charge in [-0.1, -0.05) is 0 Å². The molecule has 0 amide bonds. The molecule has 11 heteroatoms. The second kappa shape index (κ2) is 16.5. The van der Waals surface area contributed by atoms with E-state index in [2.05, 4.69) is 10.6 Å². The van der Waals surface area contributed by atoms with Crippen LogP contribution in [0.2, 0.25) is 0 Å². The van der Waals surface area contributed by atoms with Crippen molar-refractivity contribution in [2.75, 3.05) is 28.4 Å². The normalized spacial score (nSPS) is 16.1. The van der Waals surface area contributed by atoms with Gasteiger partial charge in [0.25, 0.3) is 0 Å². The van der Waals surface area contributed by atoms with E-state index in [0.29, 0.717) is 0 Å². The van der Waals surface area contributed by atoms with E-state index in [4.69, 9.17) is 36.5 Å². The van der Waals surface area contributed by atoms with Gasteiger partial charge in [-0.2, -0.15) is 8.42 Å². The first-order valence-electron chi connectivity index (χ1n) is 6.74. The van der Waals surface area contributed by atoms with Gasteiger partial charge in [0, 0.05) is 28.4 Å². The molecule has 0 spiro atoms. The van der Waals surface area contributed by atoms with Crippen molar-refractivity contribution in [1.82, 2.24) is 10.6 Å². The molecule has 0 saturated heterocycles.